The summed E-state index contributed by atoms with van der Waals surface area (Å²) in [6.45, 7) is 2.23. The second kappa shape index (κ2) is 7.94. The quantitative estimate of drug-likeness (QED) is 0.679. The van der Waals surface area contributed by atoms with Crippen LogP contribution in [-0.4, -0.2) is 30.8 Å². The van der Waals surface area contributed by atoms with Gasteiger partial charge in [0.25, 0.3) is 0 Å². The molecule has 0 spiro atoms. The van der Waals surface area contributed by atoms with Crippen LogP contribution < -0.4 is 15.4 Å². The molecule has 2 amide bonds. The Kier molecular flexibility index (Phi) is 5.95. The normalized spacial score (nSPS) is 13.2. The number of nitrogens with one attached hydrogen (secondary N) is 2. The van der Waals surface area contributed by atoms with Gasteiger partial charge in [-0.05, 0) is 30.5 Å². The van der Waals surface area contributed by atoms with Crippen molar-refractivity contribution in [3.63, 3.8) is 0 Å². The molecule has 124 valence electrons. The second-order valence-electron chi connectivity index (χ2n) is 5.17. The average molecular weight is 338 g/mol. The number of aliphatic hydroxyl groups is 1. The number of hydrogen-bond donors (Lipinski definition) is 3. The fourth-order valence-electron chi connectivity index (χ4n) is 1.88. The van der Waals surface area contributed by atoms with E-state index in [4.69, 9.17) is 4.74 Å². The molecule has 3 N–H and O–H groups in total. The molecule has 2 rings (SSSR count). The van der Waals surface area contributed by atoms with Gasteiger partial charge < -0.3 is 20.5 Å². The standard InChI is InChI=1S/C16H19FN2O3S/c1-16(21,14-6-3-9-23-14)11-19-15(20)18-7-8-22-13-5-2-4-12(17)10-13/h2-6,9-10,21H,7-8,11H2,1H3,(H2,18,19,20). The highest BCUT2D eigenvalue weighted by Gasteiger charge is 2.24. The highest BCUT2D eigenvalue weighted by molar-refractivity contribution is 7.10. The Hall–Kier alpha value is -2.12. The van der Waals surface area contributed by atoms with E-state index in [1.807, 2.05) is 17.5 Å². The number of hydrogen-bond acceptors (Lipinski definition) is 4. The molecule has 1 unspecified atom stereocenters. The van der Waals surface area contributed by atoms with E-state index >= 15 is 0 Å². The van der Waals surface area contributed by atoms with Crippen molar-refractivity contribution in [2.45, 2.75) is 12.5 Å². The lowest BCUT2D eigenvalue weighted by atomic mass is 10.1. The first-order chi connectivity index (χ1) is 11.0. The molecule has 0 aliphatic heterocycles. The fraction of sp³-hybridized carbons (Fsp3) is 0.312. The fourth-order valence-corrected chi connectivity index (χ4v) is 2.66. The number of rotatable bonds is 7. The van der Waals surface area contributed by atoms with E-state index in [0.29, 0.717) is 5.75 Å². The number of benzene rings is 1. The van der Waals surface area contributed by atoms with Crippen molar-refractivity contribution in [2.75, 3.05) is 19.7 Å². The van der Waals surface area contributed by atoms with Crippen molar-refractivity contribution < 1.29 is 19.0 Å². The van der Waals surface area contributed by atoms with Crippen LogP contribution in [0.25, 0.3) is 0 Å². The van der Waals surface area contributed by atoms with Crippen LogP contribution in [0.4, 0.5) is 9.18 Å². The Morgan fingerprint density at radius 3 is 2.87 bits per heavy atom. The average Bonchev–Trinajstić information content (AvgIpc) is 3.05. The maximum Gasteiger partial charge on any atom is 0.315 e. The summed E-state index contributed by atoms with van der Waals surface area (Å²) in [4.78, 5) is 12.5. The summed E-state index contributed by atoms with van der Waals surface area (Å²) in [6.07, 6.45) is 0. The molecule has 1 heterocycles. The van der Waals surface area contributed by atoms with Crippen LogP contribution in [0.5, 0.6) is 5.75 Å². The summed E-state index contributed by atoms with van der Waals surface area (Å²) < 4.78 is 18.3. The van der Waals surface area contributed by atoms with Gasteiger partial charge in [0, 0.05) is 10.9 Å². The summed E-state index contributed by atoms with van der Waals surface area (Å²) in [5.41, 5.74) is -1.11. The Balaban J connectivity index is 1.65. The third kappa shape index (κ3) is 5.54. The zero-order chi connectivity index (χ0) is 16.7. The molecule has 0 saturated carbocycles. The van der Waals surface area contributed by atoms with E-state index in [2.05, 4.69) is 10.6 Å². The van der Waals surface area contributed by atoms with Gasteiger partial charge in [0.2, 0.25) is 0 Å². The molecular formula is C16H19FN2O3S. The summed E-state index contributed by atoms with van der Waals surface area (Å²) in [5, 5.41) is 17.4. The molecule has 1 atom stereocenters. The minimum Gasteiger partial charge on any atom is -0.492 e. The minimum atomic E-state index is -1.11. The van der Waals surface area contributed by atoms with Crippen LogP contribution in [0.3, 0.4) is 0 Å². The molecule has 0 radical (unpaired) electrons. The van der Waals surface area contributed by atoms with Crippen molar-refractivity contribution >= 4 is 17.4 Å². The topological polar surface area (TPSA) is 70.6 Å². The van der Waals surface area contributed by atoms with Crippen LogP contribution in [0.2, 0.25) is 0 Å². The Morgan fingerprint density at radius 2 is 2.17 bits per heavy atom. The third-order valence-corrected chi connectivity index (χ3v) is 4.22. The largest absolute Gasteiger partial charge is 0.492 e. The van der Waals surface area contributed by atoms with Crippen LogP contribution in [0.15, 0.2) is 41.8 Å². The van der Waals surface area contributed by atoms with Gasteiger partial charge in [-0.2, -0.15) is 0 Å². The number of urea groups is 1. The van der Waals surface area contributed by atoms with E-state index in [0.717, 1.165) is 4.88 Å². The molecule has 7 heteroatoms. The minimum absolute atomic E-state index is 0.101. The van der Waals surface area contributed by atoms with Crippen LogP contribution in [0, 0.1) is 5.82 Å². The Morgan fingerprint density at radius 1 is 1.35 bits per heavy atom. The van der Waals surface area contributed by atoms with E-state index < -0.39 is 11.6 Å². The first-order valence-electron chi connectivity index (χ1n) is 7.14. The van der Waals surface area contributed by atoms with Gasteiger partial charge in [-0.1, -0.05) is 12.1 Å². The second-order valence-corrected chi connectivity index (χ2v) is 6.11. The van der Waals surface area contributed by atoms with Gasteiger partial charge >= 0.3 is 6.03 Å². The van der Waals surface area contributed by atoms with E-state index in [-0.39, 0.29) is 25.5 Å². The van der Waals surface area contributed by atoms with E-state index in [1.54, 1.807) is 19.1 Å². The lowest BCUT2D eigenvalue weighted by Gasteiger charge is -2.22. The van der Waals surface area contributed by atoms with E-state index in [1.165, 1.54) is 23.5 Å². The molecule has 0 fully saturated rings. The van der Waals surface area contributed by atoms with Gasteiger partial charge in [0.15, 0.2) is 0 Å². The zero-order valence-electron chi connectivity index (χ0n) is 12.7. The van der Waals surface area contributed by atoms with Gasteiger partial charge in [-0.3, -0.25) is 0 Å². The summed E-state index contributed by atoms with van der Waals surface area (Å²) in [7, 11) is 0. The molecular weight excluding hydrogens is 319 g/mol. The van der Waals surface area contributed by atoms with Crippen molar-refractivity contribution in [3.8, 4) is 5.75 Å². The molecule has 0 saturated heterocycles. The molecule has 0 aliphatic rings. The number of carbonyl (C=O) groups is 1. The highest BCUT2D eigenvalue weighted by atomic mass is 32.1. The summed E-state index contributed by atoms with van der Waals surface area (Å²) >= 11 is 1.43. The van der Waals surface area contributed by atoms with Gasteiger partial charge in [0.1, 0.15) is 23.8 Å². The van der Waals surface area contributed by atoms with Gasteiger partial charge in [-0.25, -0.2) is 9.18 Å². The van der Waals surface area contributed by atoms with Crippen molar-refractivity contribution in [1.29, 1.82) is 0 Å². The van der Waals surface area contributed by atoms with Gasteiger partial charge in [-0.15, -0.1) is 11.3 Å². The predicted molar refractivity (Wildman–Crippen MR) is 87.2 cm³/mol. The molecule has 1 aromatic carbocycles. The number of ether oxygens (including phenoxy) is 1. The lowest BCUT2D eigenvalue weighted by molar-refractivity contribution is 0.0631. The van der Waals surface area contributed by atoms with Crippen molar-refractivity contribution in [2.24, 2.45) is 0 Å². The predicted octanol–water partition coefficient (Wildman–Crippen LogP) is 2.47. The third-order valence-electron chi connectivity index (χ3n) is 3.10. The highest BCUT2D eigenvalue weighted by Crippen LogP contribution is 2.24. The number of carbonyl (C=O) groups excluding carboxylic acids is 1. The monoisotopic (exact) mass is 338 g/mol. The first-order valence-corrected chi connectivity index (χ1v) is 8.02. The molecule has 23 heavy (non-hydrogen) atoms. The number of thiophene rings is 1. The van der Waals surface area contributed by atoms with Crippen LogP contribution in [0.1, 0.15) is 11.8 Å². The van der Waals surface area contributed by atoms with E-state index in [9.17, 15) is 14.3 Å². The summed E-state index contributed by atoms with van der Waals surface area (Å²) in [5.74, 6) is 0.0387. The van der Waals surface area contributed by atoms with Gasteiger partial charge in [0.05, 0.1) is 13.1 Å². The van der Waals surface area contributed by atoms with Crippen molar-refractivity contribution in [1.82, 2.24) is 10.6 Å². The molecule has 0 aliphatic carbocycles. The maximum absolute atomic E-state index is 13.0. The smallest absolute Gasteiger partial charge is 0.315 e. The number of halogens is 1. The Labute approximate surface area is 138 Å². The lowest BCUT2D eigenvalue weighted by Crippen LogP contribution is -2.44. The van der Waals surface area contributed by atoms with Crippen LogP contribution >= 0.6 is 11.3 Å². The first kappa shape index (κ1) is 17.2. The molecule has 5 nitrogen and oxygen atoms in total. The zero-order valence-corrected chi connectivity index (χ0v) is 13.5. The van der Waals surface area contributed by atoms with Crippen LogP contribution in [-0.2, 0) is 5.60 Å². The van der Waals surface area contributed by atoms with Crippen molar-refractivity contribution in [3.05, 3.63) is 52.5 Å². The molecule has 2 aromatic rings. The number of amides is 2. The Bertz CT molecular complexity index is 632. The maximum atomic E-state index is 13.0. The SMILES string of the molecule is CC(O)(CNC(=O)NCCOc1cccc(F)c1)c1cccs1. The molecule has 1 aromatic heterocycles. The molecule has 0 bridgehead atoms. The summed E-state index contributed by atoms with van der Waals surface area (Å²) in [6, 6.07) is 9.06.